The first-order valence-corrected chi connectivity index (χ1v) is 4.24. The van der Waals surface area contributed by atoms with E-state index in [1.54, 1.807) is 11.0 Å². The molecule has 0 aromatic heterocycles. The molecular formula is C8H12BrNO2. The van der Waals surface area contributed by atoms with Gasteiger partial charge in [0.15, 0.2) is 0 Å². The second kappa shape index (κ2) is 5.97. The van der Waals surface area contributed by atoms with Gasteiger partial charge in [-0.2, -0.15) is 0 Å². The van der Waals surface area contributed by atoms with Gasteiger partial charge in [0.25, 0.3) is 0 Å². The predicted octanol–water partition coefficient (Wildman–Crippen LogP) is 1.47. The zero-order valence-corrected chi connectivity index (χ0v) is 8.38. The van der Waals surface area contributed by atoms with Gasteiger partial charge in [0.2, 0.25) is 0 Å². The van der Waals surface area contributed by atoms with Crippen molar-refractivity contribution in [1.82, 2.24) is 4.90 Å². The van der Waals surface area contributed by atoms with Crippen LogP contribution in [0.5, 0.6) is 0 Å². The Morgan fingerprint density at radius 3 is 2.50 bits per heavy atom. The summed E-state index contributed by atoms with van der Waals surface area (Å²) in [7, 11) is 0. The monoisotopic (exact) mass is 233 g/mol. The maximum Gasteiger partial charge on any atom is 0.317 e. The molecule has 0 aliphatic heterocycles. The largest absolute Gasteiger partial charge is 0.480 e. The fourth-order valence-electron chi connectivity index (χ4n) is 0.801. The Kier molecular flexibility index (Phi) is 5.66. The minimum absolute atomic E-state index is 0.0106. The van der Waals surface area contributed by atoms with Crippen LogP contribution >= 0.6 is 15.9 Å². The van der Waals surface area contributed by atoms with Crippen LogP contribution in [0, 0.1) is 0 Å². The Morgan fingerprint density at radius 2 is 2.17 bits per heavy atom. The first-order valence-electron chi connectivity index (χ1n) is 3.44. The third-order valence-electron chi connectivity index (χ3n) is 1.14. The van der Waals surface area contributed by atoms with Crippen molar-refractivity contribution >= 4 is 21.9 Å². The molecule has 0 saturated heterocycles. The van der Waals surface area contributed by atoms with E-state index in [2.05, 4.69) is 29.1 Å². The topological polar surface area (TPSA) is 40.5 Å². The van der Waals surface area contributed by atoms with Gasteiger partial charge in [-0.3, -0.25) is 9.69 Å². The highest BCUT2D eigenvalue weighted by Crippen LogP contribution is 2.03. The first kappa shape index (κ1) is 11.4. The van der Waals surface area contributed by atoms with Crippen LogP contribution in [0.4, 0.5) is 0 Å². The third kappa shape index (κ3) is 6.12. The minimum atomic E-state index is -0.842. The molecule has 0 spiro atoms. The molecule has 0 aromatic carbocycles. The van der Waals surface area contributed by atoms with Crippen molar-refractivity contribution in [2.24, 2.45) is 0 Å². The summed E-state index contributed by atoms with van der Waals surface area (Å²) in [6.45, 7) is 8.26. The molecule has 1 N–H and O–H groups in total. The quantitative estimate of drug-likeness (QED) is 0.707. The molecule has 12 heavy (non-hydrogen) atoms. The Morgan fingerprint density at radius 1 is 1.58 bits per heavy atom. The van der Waals surface area contributed by atoms with Crippen LogP contribution in [-0.4, -0.2) is 35.6 Å². The average Bonchev–Trinajstić information content (AvgIpc) is 1.84. The van der Waals surface area contributed by atoms with Gasteiger partial charge in [-0.05, 0) is 0 Å². The molecule has 0 saturated carbocycles. The molecule has 0 rings (SSSR count). The number of hydrogen-bond donors (Lipinski definition) is 1. The number of halogens is 1. The van der Waals surface area contributed by atoms with E-state index >= 15 is 0 Å². The van der Waals surface area contributed by atoms with Crippen molar-refractivity contribution in [3.63, 3.8) is 0 Å². The van der Waals surface area contributed by atoms with E-state index in [1.807, 2.05) is 0 Å². The summed E-state index contributed by atoms with van der Waals surface area (Å²) in [4.78, 5) is 12.1. The zero-order valence-electron chi connectivity index (χ0n) is 6.79. The highest BCUT2D eigenvalue weighted by molar-refractivity contribution is 9.11. The molecule has 0 aromatic rings. The Hall–Kier alpha value is -0.610. The Labute approximate surface area is 80.5 Å². The summed E-state index contributed by atoms with van der Waals surface area (Å²) in [5.41, 5.74) is 0. The number of carbonyl (C=O) groups is 1. The maximum absolute atomic E-state index is 10.3. The standard InChI is InChI=1S/C8H12BrNO2/c1-3-4-10(5-7(2)9)6-8(11)12/h3H,1-2,4-6H2,(H,11,12). The Balaban J connectivity index is 3.93. The first-order chi connectivity index (χ1) is 5.56. The van der Waals surface area contributed by atoms with E-state index < -0.39 is 5.97 Å². The molecular weight excluding hydrogens is 222 g/mol. The van der Waals surface area contributed by atoms with E-state index in [1.165, 1.54) is 0 Å². The lowest BCUT2D eigenvalue weighted by molar-refractivity contribution is -0.138. The van der Waals surface area contributed by atoms with E-state index in [4.69, 9.17) is 5.11 Å². The second-order valence-electron chi connectivity index (χ2n) is 2.37. The van der Waals surface area contributed by atoms with Crippen LogP contribution in [0.25, 0.3) is 0 Å². The molecule has 0 unspecified atom stereocenters. The Bertz CT molecular complexity index is 175. The third-order valence-corrected chi connectivity index (χ3v) is 1.39. The van der Waals surface area contributed by atoms with Gasteiger partial charge in [-0.25, -0.2) is 0 Å². The molecule has 0 aliphatic carbocycles. The van der Waals surface area contributed by atoms with E-state index in [-0.39, 0.29) is 6.54 Å². The van der Waals surface area contributed by atoms with Crippen LogP contribution in [0.3, 0.4) is 0 Å². The SMILES string of the molecule is C=CCN(CC(=C)Br)CC(=O)O. The second-order valence-corrected chi connectivity index (χ2v) is 3.49. The lowest BCUT2D eigenvalue weighted by Gasteiger charge is -2.16. The van der Waals surface area contributed by atoms with Crippen molar-refractivity contribution in [3.8, 4) is 0 Å². The number of hydrogen-bond acceptors (Lipinski definition) is 2. The van der Waals surface area contributed by atoms with Gasteiger partial charge >= 0.3 is 5.97 Å². The molecule has 0 bridgehead atoms. The number of carboxylic acid groups (broad SMARTS) is 1. The van der Waals surface area contributed by atoms with Crippen LogP contribution in [0.1, 0.15) is 0 Å². The molecule has 3 nitrogen and oxygen atoms in total. The highest BCUT2D eigenvalue weighted by Gasteiger charge is 2.07. The summed E-state index contributed by atoms with van der Waals surface area (Å²) in [5, 5.41) is 8.50. The average molecular weight is 234 g/mol. The summed E-state index contributed by atoms with van der Waals surface area (Å²) in [5.74, 6) is -0.842. The predicted molar refractivity (Wildman–Crippen MR) is 52.3 cm³/mol. The summed E-state index contributed by atoms with van der Waals surface area (Å²) < 4.78 is 0.769. The van der Waals surface area contributed by atoms with Crippen LogP contribution in [0.2, 0.25) is 0 Å². The lowest BCUT2D eigenvalue weighted by atomic mass is 10.4. The van der Waals surface area contributed by atoms with Gasteiger partial charge in [-0.15, -0.1) is 6.58 Å². The fraction of sp³-hybridized carbons (Fsp3) is 0.375. The van der Waals surface area contributed by atoms with Crippen molar-refractivity contribution in [3.05, 3.63) is 23.7 Å². The lowest BCUT2D eigenvalue weighted by Crippen LogP contribution is -2.30. The maximum atomic E-state index is 10.3. The number of rotatable bonds is 6. The van der Waals surface area contributed by atoms with Gasteiger partial charge in [-0.1, -0.05) is 28.6 Å². The van der Waals surface area contributed by atoms with E-state index in [0.717, 1.165) is 4.48 Å². The summed E-state index contributed by atoms with van der Waals surface area (Å²) >= 11 is 3.17. The number of aliphatic carboxylic acids is 1. The molecule has 0 fully saturated rings. The number of carboxylic acids is 1. The molecule has 0 atom stereocenters. The van der Waals surface area contributed by atoms with Gasteiger partial charge in [0, 0.05) is 17.6 Å². The van der Waals surface area contributed by atoms with Gasteiger partial charge < -0.3 is 5.11 Å². The number of nitrogens with zero attached hydrogens (tertiary/aromatic N) is 1. The van der Waals surface area contributed by atoms with Crippen molar-refractivity contribution in [2.45, 2.75) is 0 Å². The van der Waals surface area contributed by atoms with Gasteiger partial charge in [0.05, 0.1) is 6.54 Å². The van der Waals surface area contributed by atoms with Crippen molar-refractivity contribution in [2.75, 3.05) is 19.6 Å². The van der Waals surface area contributed by atoms with Crippen molar-refractivity contribution in [1.29, 1.82) is 0 Å². The summed E-state index contributed by atoms with van der Waals surface area (Å²) in [6.07, 6.45) is 1.67. The van der Waals surface area contributed by atoms with Crippen LogP contribution in [0.15, 0.2) is 23.7 Å². The highest BCUT2D eigenvalue weighted by atomic mass is 79.9. The normalized spacial score (nSPS) is 9.83. The van der Waals surface area contributed by atoms with Crippen molar-refractivity contribution < 1.29 is 9.90 Å². The molecule has 68 valence electrons. The molecule has 4 heteroatoms. The molecule has 0 amide bonds. The van der Waals surface area contributed by atoms with Crippen LogP contribution in [-0.2, 0) is 4.79 Å². The van der Waals surface area contributed by atoms with Crippen LogP contribution < -0.4 is 0 Å². The fourth-order valence-corrected chi connectivity index (χ4v) is 1.16. The van der Waals surface area contributed by atoms with Gasteiger partial charge in [0.1, 0.15) is 0 Å². The zero-order chi connectivity index (χ0) is 9.56. The molecule has 0 heterocycles. The van der Waals surface area contributed by atoms with E-state index in [0.29, 0.717) is 13.1 Å². The minimum Gasteiger partial charge on any atom is -0.480 e. The molecule has 0 aliphatic rings. The smallest absolute Gasteiger partial charge is 0.317 e. The van der Waals surface area contributed by atoms with E-state index in [9.17, 15) is 4.79 Å². The molecule has 0 radical (unpaired) electrons. The summed E-state index contributed by atoms with van der Waals surface area (Å²) in [6, 6.07) is 0.